The standard InChI is InChI=1S/C16H21BrN2O2/c1-13(20)18-9-4-10-19(12-11-18)16(21)8-7-14-5-2-3-6-15(14)17/h2-3,5-6H,4,7-12H2,1H3. The normalized spacial score (nSPS) is 15.7. The summed E-state index contributed by atoms with van der Waals surface area (Å²) >= 11 is 3.51. The van der Waals surface area contributed by atoms with E-state index in [1.54, 1.807) is 6.92 Å². The van der Waals surface area contributed by atoms with E-state index in [4.69, 9.17) is 0 Å². The predicted molar refractivity (Wildman–Crippen MR) is 85.9 cm³/mol. The van der Waals surface area contributed by atoms with Crippen molar-refractivity contribution in [2.45, 2.75) is 26.2 Å². The molecule has 0 spiro atoms. The number of aryl methyl sites for hydroxylation is 1. The Labute approximate surface area is 134 Å². The first-order valence-electron chi connectivity index (χ1n) is 7.34. The molecule has 21 heavy (non-hydrogen) atoms. The lowest BCUT2D eigenvalue weighted by molar-refractivity contribution is -0.132. The Balaban J connectivity index is 1.86. The molecule has 0 aliphatic carbocycles. The molecule has 1 heterocycles. The van der Waals surface area contributed by atoms with Gasteiger partial charge in [-0.2, -0.15) is 0 Å². The number of carbonyl (C=O) groups excluding carboxylic acids is 2. The number of hydrogen-bond donors (Lipinski definition) is 0. The quantitative estimate of drug-likeness (QED) is 0.838. The van der Waals surface area contributed by atoms with Gasteiger partial charge in [-0.3, -0.25) is 9.59 Å². The molecule has 0 unspecified atom stereocenters. The number of hydrogen-bond acceptors (Lipinski definition) is 2. The number of rotatable bonds is 3. The van der Waals surface area contributed by atoms with Gasteiger partial charge in [-0.25, -0.2) is 0 Å². The molecule has 1 saturated heterocycles. The Morgan fingerprint density at radius 2 is 1.76 bits per heavy atom. The van der Waals surface area contributed by atoms with Crippen LogP contribution in [0.2, 0.25) is 0 Å². The molecule has 1 fully saturated rings. The van der Waals surface area contributed by atoms with E-state index in [-0.39, 0.29) is 11.8 Å². The molecule has 114 valence electrons. The van der Waals surface area contributed by atoms with Crippen molar-refractivity contribution < 1.29 is 9.59 Å². The lowest BCUT2D eigenvalue weighted by Gasteiger charge is -2.21. The highest BCUT2D eigenvalue weighted by Crippen LogP contribution is 2.18. The first-order chi connectivity index (χ1) is 10.1. The topological polar surface area (TPSA) is 40.6 Å². The maximum atomic E-state index is 12.3. The monoisotopic (exact) mass is 352 g/mol. The fourth-order valence-electron chi connectivity index (χ4n) is 2.58. The van der Waals surface area contributed by atoms with Crippen LogP contribution in [-0.2, 0) is 16.0 Å². The number of benzene rings is 1. The molecular weight excluding hydrogens is 332 g/mol. The highest BCUT2D eigenvalue weighted by Gasteiger charge is 2.20. The van der Waals surface area contributed by atoms with Crippen molar-refractivity contribution in [3.05, 3.63) is 34.3 Å². The van der Waals surface area contributed by atoms with Crippen molar-refractivity contribution in [3.63, 3.8) is 0 Å². The summed E-state index contributed by atoms with van der Waals surface area (Å²) in [6.45, 7) is 4.39. The zero-order valence-electron chi connectivity index (χ0n) is 12.3. The van der Waals surface area contributed by atoms with Crippen LogP contribution in [0.25, 0.3) is 0 Å². The largest absolute Gasteiger partial charge is 0.341 e. The van der Waals surface area contributed by atoms with E-state index in [2.05, 4.69) is 15.9 Å². The number of carbonyl (C=O) groups is 2. The van der Waals surface area contributed by atoms with Crippen molar-refractivity contribution in [1.82, 2.24) is 9.80 Å². The van der Waals surface area contributed by atoms with Gasteiger partial charge in [0.25, 0.3) is 0 Å². The molecule has 5 heteroatoms. The van der Waals surface area contributed by atoms with E-state index >= 15 is 0 Å². The first kappa shape index (κ1) is 16.0. The Hall–Kier alpha value is -1.36. The number of nitrogens with zero attached hydrogens (tertiary/aromatic N) is 2. The maximum absolute atomic E-state index is 12.3. The molecule has 0 N–H and O–H groups in total. The smallest absolute Gasteiger partial charge is 0.222 e. The third-order valence-corrected chi connectivity index (χ3v) is 4.63. The molecule has 0 atom stereocenters. The third kappa shape index (κ3) is 4.56. The second kappa shape index (κ2) is 7.59. The highest BCUT2D eigenvalue weighted by atomic mass is 79.9. The van der Waals surface area contributed by atoms with Gasteiger partial charge in [0, 0.05) is 44.0 Å². The summed E-state index contributed by atoms with van der Waals surface area (Å²) in [5.74, 6) is 0.272. The van der Waals surface area contributed by atoms with Gasteiger partial charge >= 0.3 is 0 Å². The average molecular weight is 353 g/mol. The summed E-state index contributed by atoms with van der Waals surface area (Å²) in [5, 5.41) is 0. The van der Waals surface area contributed by atoms with Crippen LogP contribution >= 0.6 is 15.9 Å². The van der Waals surface area contributed by atoms with Crippen molar-refractivity contribution in [3.8, 4) is 0 Å². The van der Waals surface area contributed by atoms with Gasteiger partial charge in [-0.15, -0.1) is 0 Å². The Morgan fingerprint density at radius 1 is 1.10 bits per heavy atom. The molecule has 1 aromatic rings. The van der Waals surface area contributed by atoms with Crippen LogP contribution in [0.5, 0.6) is 0 Å². The zero-order valence-corrected chi connectivity index (χ0v) is 13.9. The average Bonchev–Trinajstić information content (AvgIpc) is 2.72. The fourth-order valence-corrected chi connectivity index (χ4v) is 3.07. The van der Waals surface area contributed by atoms with Gasteiger partial charge in [0.2, 0.25) is 11.8 Å². The fraction of sp³-hybridized carbons (Fsp3) is 0.500. The summed E-state index contributed by atoms with van der Waals surface area (Å²) < 4.78 is 1.05. The maximum Gasteiger partial charge on any atom is 0.222 e. The predicted octanol–water partition coefficient (Wildman–Crippen LogP) is 2.46. The van der Waals surface area contributed by atoms with Crippen LogP contribution in [0.4, 0.5) is 0 Å². The van der Waals surface area contributed by atoms with Crippen LogP contribution < -0.4 is 0 Å². The van der Waals surface area contributed by atoms with E-state index in [0.717, 1.165) is 36.0 Å². The van der Waals surface area contributed by atoms with Crippen LogP contribution in [0.3, 0.4) is 0 Å². The summed E-state index contributed by atoms with van der Waals surface area (Å²) in [7, 11) is 0. The van der Waals surface area contributed by atoms with Crippen molar-refractivity contribution >= 4 is 27.7 Å². The third-order valence-electron chi connectivity index (χ3n) is 3.86. The van der Waals surface area contributed by atoms with Gasteiger partial charge in [0.15, 0.2) is 0 Å². The summed E-state index contributed by atoms with van der Waals surface area (Å²) in [4.78, 5) is 27.4. The van der Waals surface area contributed by atoms with Crippen LogP contribution in [0.1, 0.15) is 25.3 Å². The van der Waals surface area contributed by atoms with Gasteiger partial charge in [-0.05, 0) is 24.5 Å². The SMILES string of the molecule is CC(=O)N1CCCN(C(=O)CCc2ccccc2Br)CC1. The van der Waals surface area contributed by atoms with Crippen LogP contribution in [-0.4, -0.2) is 47.8 Å². The van der Waals surface area contributed by atoms with E-state index < -0.39 is 0 Å². The molecule has 0 radical (unpaired) electrons. The van der Waals surface area contributed by atoms with Gasteiger partial charge < -0.3 is 9.80 Å². The van der Waals surface area contributed by atoms with E-state index in [0.29, 0.717) is 19.5 Å². The van der Waals surface area contributed by atoms with E-state index in [9.17, 15) is 9.59 Å². The molecular formula is C16H21BrN2O2. The van der Waals surface area contributed by atoms with Crippen molar-refractivity contribution in [2.24, 2.45) is 0 Å². The molecule has 1 aromatic carbocycles. The van der Waals surface area contributed by atoms with Gasteiger partial charge in [0.1, 0.15) is 0 Å². The highest BCUT2D eigenvalue weighted by molar-refractivity contribution is 9.10. The molecule has 1 aliphatic rings. The molecule has 0 saturated carbocycles. The molecule has 2 rings (SSSR count). The van der Waals surface area contributed by atoms with Crippen molar-refractivity contribution in [1.29, 1.82) is 0 Å². The Bertz CT molecular complexity index is 519. The molecule has 0 aromatic heterocycles. The van der Waals surface area contributed by atoms with Gasteiger partial charge in [0.05, 0.1) is 0 Å². The number of amides is 2. The van der Waals surface area contributed by atoms with Crippen molar-refractivity contribution in [2.75, 3.05) is 26.2 Å². The first-order valence-corrected chi connectivity index (χ1v) is 8.14. The second-order valence-electron chi connectivity index (χ2n) is 5.33. The lowest BCUT2D eigenvalue weighted by atomic mass is 10.1. The molecule has 4 nitrogen and oxygen atoms in total. The molecule has 2 amide bonds. The summed E-state index contributed by atoms with van der Waals surface area (Å²) in [6, 6.07) is 8.00. The van der Waals surface area contributed by atoms with Crippen LogP contribution in [0.15, 0.2) is 28.7 Å². The van der Waals surface area contributed by atoms with E-state index in [1.807, 2.05) is 34.1 Å². The molecule has 0 bridgehead atoms. The second-order valence-corrected chi connectivity index (χ2v) is 6.19. The minimum Gasteiger partial charge on any atom is -0.341 e. The van der Waals surface area contributed by atoms with E-state index in [1.165, 1.54) is 0 Å². The molecule has 1 aliphatic heterocycles. The Kier molecular flexibility index (Phi) is 5.79. The summed E-state index contributed by atoms with van der Waals surface area (Å²) in [6.07, 6.45) is 2.12. The van der Waals surface area contributed by atoms with Crippen LogP contribution in [0, 0.1) is 0 Å². The minimum absolute atomic E-state index is 0.0949. The number of halogens is 1. The minimum atomic E-state index is 0.0949. The summed E-state index contributed by atoms with van der Waals surface area (Å²) in [5.41, 5.74) is 1.16. The van der Waals surface area contributed by atoms with Gasteiger partial charge in [-0.1, -0.05) is 34.1 Å². The Morgan fingerprint density at radius 3 is 2.48 bits per heavy atom. The zero-order chi connectivity index (χ0) is 15.2. The lowest BCUT2D eigenvalue weighted by Crippen LogP contribution is -2.36.